The quantitative estimate of drug-likeness (QED) is 0.490. The minimum atomic E-state index is -0.161. The summed E-state index contributed by atoms with van der Waals surface area (Å²) in [6, 6.07) is -0.161. The normalized spacial score (nSPS) is 22.7. The molecule has 1 heterocycles. The van der Waals surface area contributed by atoms with Crippen LogP contribution in [0.3, 0.4) is 0 Å². The molecule has 1 radical (unpaired) electrons. The zero-order valence-electron chi connectivity index (χ0n) is 8.29. The lowest BCUT2D eigenvalue weighted by molar-refractivity contribution is -0.147. The van der Waals surface area contributed by atoms with Crippen molar-refractivity contribution in [2.75, 3.05) is 13.2 Å². The highest BCUT2D eigenvalue weighted by Crippen LogP contribution is 2.09. The summed E-state index contributed by atoms with van der Waals surface area (Å²) in [5.74, 6) is -0.117. The highest BCUT2D eigenvalue weighted by molar-refractivity contribution is 5.75. The summed E-state index contributed by atoms with van der Waals surface area (Å²) in [5, 5.41) is 4.23. The molecular weight excluding hydrogens is 166 g/mol. The van der Waals surface area contributed by atoms with Gasteiger partial charge in [0.05, 0.1) is 6.61 Å². The second-order valence-electron chi connectivity index (χ2n) is 3.44. The van der Waals surface area contributed by atoms with E-state index in [0.717, 1.165) is 38.6 Å². The van der Waals surface area contributed by atoms with Crippen LogP contribution in [0, 0.1) is 0 Å². The summed E-state index contributed by atoms with van der Waals surface area (Å²) < 4.78 is 5.09. The zero-order valence-corrected chi connectivity index (χ0v) is 8.29. The van der Waals surface area contributed by atoms with Crippen LogP contribution in [-0.2, 0) is 9.53 Å². The second kappa shape index (κ2) is 5.97. The van der Waals surface area contributed by atoms with E-state index in [4.69, 9.17) is 4.74 Å². The van der Waals surface area contributed by atoms with Gasteiger partial charge >= 0.3 is 5.97 Å². The van der Waals surface area contributed by atoms with E-state index in [1.54, 1.807) is 0 Å². The Labute approximate surface area is 79.8 Å². The van der Waals surface area contributed by atoms with Crippen molar-refractivity contribution >= 4 is 5.97 Å². The highest BCUT2D eigenvalue weighted by Gasteiger charge is 2.22. The van der Waals surface area contributed by atoms with E-state index in [0.29, 0.717) is 6.61 Å². The molecule has 3 heteroatoms. The van der Waals surface area contributed by atoms with E-state index in [1.165, 1.54) is 0 Å². The number of hydrogen-bond acceptors (Lipinski definition) is 2. The van der Waals surface area contributed by atoms with Crippen LogP contribution < -0.4 is 5.32 Å². The Morgan fingerprint density at radius 1 is 1.54 bits per heavy atom. The Morgan fingerprint density at radius 2 is 2.38 bits per heavy atom. The Kier molecular flexibility index (Phi) is 4.83. The molecule has 0 aromatic rings. The summed E-state index contributed by atoms with van der Waals surface area (Å²) >= 11 is 0. The molecule has 0 amide bonds. The maximum absolute atomic E-state index is 11.4. The summed E-state index contributed by atoms with van der Waals surface area (Å²) in [5.41, 5.74) is 0. The number of hydrogen-bond donors (Lipinski definition) is 0. The smallest absolute Gasteiger partial charge is 0.324 e. The van der Waals surface area contributed by atoms with Gasteiger partial charge in [0.15, 0.2) is 0 Å². The Balaban J connectivity index is 2.13. The molecule has 0 aromatic carbocycles. The van der Waals surface area contributed by atoms with Gasteiger partial charge < -0.3 is 4.74 Å². The molecule has 1 aliphatic rings. The summed E-state index contributed by atoms with van der Waals surface area (Å²) in [7, 11) is 0. The predicted molar refractivity (Wildman–Crippen MR) is 50.5 cm³/mol. The average molecular weight is 184 g/mol. The molecule has 0 bridgehead atoms. The van der Waals surface area contributed by atoms with Crippen LogP contribution in [0.25, 0.3) is 0 Å². The topological polar surface area (TPSA) is 40.4 Å². The first-order valence-corrected chi connectivity index (χ1v) is 5.18. The molecule has 1 fully saturated rings. The van der Waals surface area contributed by atoms with Crippen molar-refractivity contribution in [2.24, 2.45) is 0 Å². The van der Waals surface area contributed by atoms with Gasteiger partial charge in [0.2, 0.25) is 0 Å². The number of unbranched alkanes of at least 4 members (excludes halogenated alkanes) is 1. The standard InChI is InChI=1S/C10H18NO2/c1-2-3-8-13-10(12)9-6-4-5-7-11-9/h9H,2-8H2,1H3. The van der Waals surface area contributed by atoms with Crippen molar-refractivity contribution in [3.63, 3.8) is 0 Å². The van der Waals surface area contributed by atoms with Crippen molar-refractivity contribution in [1.82, 2.24) is 5.32 Å². The molecule has 1 rings (SSSR count). The largest absolute Gasteiger partial charge is 0.464 e. The molecule has 3 nitrogen and oxygen atoms in total. The summed E-state index contributed by atoms with van der Waals surface area (Å²) in [6.07, 6.45) is 5.13. The van der Waals surface area contributed by atoms with Crippen LogP contribution in [0.2, 0.25) is 0 Å². The molecule has 1 saturated heterocycles. The molecule has 0 saturated carbocycles. The van der Waals surface area contributed by atoms with Gasteiger partial charge in [0.1, 0.15) is 6.04 Å². The maximum atomic E-state index is 11.4. The van der Waals surface area contributed by atoms with Crippen LogP contribution in [0.15, 0.2) is 0 Å². The SMILES string of the molecule is CCCCOC(=O)C1CCCC[N]1. The van der Waals surface area contributed by atoms with Crippen LogP contribution in [0.5, 0.6) is 0 Å². The average Bonchev–Trinajstić information content (AvgIpc) is 2.19. The van der Waals surface area contributed by atoms with Crippen molar-refractivity contribution in [2.45, 2.75) is 45.1 Å². The summed E-state index contributed by atoms with van der Waals surface area (Å²) in [4.78, 5) is 11.4. The minimum Gasteiger partial charge on any atom is -0.464 e. The first-order chi connectivity index (χ1) is 6.34. The van der Waals surface area contributed by atoms with Crippen LogP contribution in [0.1, 0.15) is 39.0 Å². The predicted octanol–water partition coefficient (Wildman–Crippen LogP) is 1.49. The van der Waals surface area contributed by atoms with Gasteiger partial charge in [-0.15, -0.1) is 0 Å². The molecule has 0 aliphatic carbocycles. The minimum absolute atomic E-state index is 0.117. The van der Waals surface area contributed by atoms with E-state index < -0.39 is 0 Å². The maximum Gasteiger partial charge on any atom is 0.324 e. The van der Waals surface area contributed by atoms with E-state index in [-0.39, 0.29) is 12.0 Å². The van der Waals surface area contributed by atoms with Gasteiger partial charge in [-0.1, -0.05) is 13.3 Å². The fourth-order valence-corrected chi connectivity index (χ4v) is 1.39. The number of piperidine rings is 1. The third kappa shape index (κ3) is 3.77. The van der Waals surface area contributed by atoms with Gasteiger partial charge in [-0.3, -0.25) is 4.79 Å². The molecule has 1 unspecified atom stereocenters. The highest BCUT2D eigenvalue weighted by atomic mass is 16.5. The lowest BCUT2D eigenvalue weighted by atomic mass is 10.1. The van der Waals surface area contributed by atoms with E-state index in [9.17, 15) is 4.79 Å². The summed E-state index contributed by atoms with van der Waals surface area (Å²) in [6.45, 7) is 3.47. The van der Waals surface area contributed by atoms with Gasteiger partial charge in [0, 0.05) is 6.54 Å². The third-order valence-corrected chi connectivity index (χ3v) is 2.25. The molecule has 0 N–H and O–H groups in total. The first-order valence-electron chi connectivity index (χ1n) is 5.18. The van der Waals surface area contributed by atoms with Gasteiger partial charge in [-0.25, -0.2) is 5.32 Å². The lowest BCUT2D eigenvalue weighted by Gasteiger charge is -2.19. The van der Waals surface area contributed by atoms with Crippen LogP contribution >= 0.6 is 0 Å². The molecule has 0 aromatic heterocycles. The Bertz CT molecular complexity index is 153. The zero-order chi connectivity index (χ0) is 9.52. The van der Waals surface area contributed by atoms with Crippen LogP contribution in [0.4, 0.5) is 0 Å². The lowest BCUT2D eigenvalue weighted by Crippen LogP contribution is -2.36. The fourth-order valence-electron chi connectivity index (χ4n) is 1.39. The number of carbonyl (C=O) groups is 1. The van der Waals surface area contributed by atoms with Crippen molar-refractivity contribution in [1.29, 1.82) is 0 Å². The van der Waals surface area contributed by atoms with E-state index in [1.807, 2.05) is 0 Å². The molecular formula is C10H18NO2. The molecule has 13 heavy (non-hydrogen) atoms. The number of ether oxygens (including phenoxy) is 1. The van der Waals surface area contributed by atoms with E-state index in [2.05, 4.69) is 12.2 Å². The van der Waals surface area contributed by atoms with Crippen LogP contribution in [-0.4, -0.2) is 25.2 Å². The molecule has 75 valence electrons. The van der Waals surface area contributed by atoms with Crippen molar-refractivity contribution < 1.29 is 9.53 Å². The number of rotatable bonds is 4. The third-order valence-electron chi connectivity index (χ3n) is 2.25. The Hall–Kier alpha value is -0.570. The van der Waals surface area contributed by atoms with Gasteiger partial charge in [-0.2, -0.15) is 0 Å². The number of esters is 1. The van der Waals surface area contributed by atoms with E-state index >= 15 is 0 Å². The Morgan fingerprint density at radius 3 is 3.00 bits per heavy atom. The number of nitrogens with zero attached hydrogens (tertiary/aromatic N) is 1. The monoisotopic (exact) mass is 184 g/mol. The molecule has 1 aliphatic heterocycles. The second-order valence-corrected chi connectivity index (χ2v) is 3.44. The van der Waals surface area contributed by atoms with Gasteiger partial charge in [0.25, 0.3) is 0 Å². The molecule has 1 atom stereocenters. The molecule has 0 spiro atoms. The van der Waals surface area contributed by atoms with Crippen molar-refractivity contribution in [3.05, 3.63) is 0 Å². The number of carbonyl (C=O) groups excluding carboxylic acids is 1. The first kappa shape index (κ1) is 10.5. The fraction of sp³-hybridized carbons (Fsp3) is 0.900. The van der Waals surface area contributed by atoms with Crippen molar-refractivity contribution in [3.8, 4) is 0 Å². The van der Waals surface area contributed by atoms with Gasteiger partial charge in [-0.05, 0) is 25.7 Å².